The van der Waals surface area contributed by atoms with Crippen molar-refractivity contribution < 1.29 is 15.0 Å². The molecule has 1 heterocycles. The molecule has 0 amide bonds. The molecular weight excluding hydrogens is 170 g/mol. The number of aromatic carboxylic acids is 1. The van der Waals surface area contributed by atoms with Gasteiger partial charge in [-0.3, -0.25) is 0 Å². The van der Waals surface area contributed by atoms with Crippen LogP contribution in [0.15, 0.2) is 18.3 Å². The van der Waals surface area contributed by atoms with Crippen molar-refractivity contribution in [2.24, 2.45) is 0 Å². The zero-order chi connectivity index (χ0) is 7.56. The van der Waals surface area contributed by atoms with Crippen LogP contribution in [0.2, 0.25) is 0 Å². The lowest BCUT2D eigenvalue weighted by molar-refractivity contribution is 0.0687. The van der Waals surface area contributed by atoms with Crippen LogP contribution in [0.3, 0.4) is 0 Å². The standard InChI is InChI=1S/C6H5NO3.ClH/c8-4-2-1-3-7-5(4)6(9)10;/h1-3,8H,(H,9,10);1H. The maximum Gasteiger partial charge on any atom is 0.358 e. The molecule has 4 nitrogen and oxygen atoms in total. The summed E-state index contributed by atoms with van der Waals surface area (Å²) in [6, 6.07) is 2.73. The molecule has 0 spiro atoms. The van der Waals surface area contributed by atoms with Crippen LogP contribution >= 0.6 is 12.4 Å². The molecule has 0 radical (unpaired) electrons. The van der Waals surface area contributed by atoms with E-state index in [-0.39, 0.29) is 23.9 Å². The number of carbonyl (C=O) groups is 1. The van der Waals surface area contributed by atoms with Crippen LogP contribution in [0.4, 0.5) is 0 Å². The lowest BCUT2D eigenvalue weighted by atomic mass is 10.3. The Balaban J connectivity index is 0.000001000. The molecule has 0 saturated heterocycles. The predicted molar refractivity (Wildman–Crippen MR) is 40.1 cm³/mol. The molecule has 60 valence electrons. The van der Waals surface area contributed by atoms with E-state index in [9.17, 15) is 4.79 Å². The van der Waals surface area contributed by atoms with E-state index in [4.69, 9.17) is 10.2 Å². The number of aromatic nitrogens is 1. The molecule has 1 aromatic heterocycles. The van der Waals surface area contributed by atoms with E-state index in [0.29, 0.717) is 0 Å². The Morgan fingerprint density at radius 2 is 2.18 bits per heavy atom. The third kappa shape index (κ3) is 2.09. The lowest BCUT2D eigenvalue weighted by Gasteiger charge is -1.93. The number of carboxylic acids is 1. The first kappa shape index (κ1) is 9.71. The summed E-state index contributed by atoms with van der Waals surface area (Å²) >= 11 is 0. The summed E-state index contributed by atoms with van der Waals surface area (Å²) < 4.78 is 0. The molecule has 0 aromatic carbocycles. The predicted octanol–water partition coefficient (Wildman–Crippen LogP) is 0.907. The molecule has 0 atom stereocenters. The van der Waals surface area contributed by atoms with Gasteiger partial charge in [0, 0.05) is 6.20 Å². The Bertz CT molecular complexity index is 264. The zero-order valence-electron chi connectivity index (χ0n) is 5.39. The monoisotopic (exact) mass is 175 g/mol. The van der Waals surface area contributed by atoms with Gasteiger partial charge in [-0.05, 0) is 12.1 Å². The fourth-order valence-corrected chi connectivity index (χ4v) is 0.562. The van der Waals surface area contributed by atoms with Crippen molar-refractivity contribution >= 4 is 18.4 Å². The largest absolute Gasteiger partial charge is 0.505 e. The number of pyridine rings is 1. The molecule has 11 heavy (non-hydrogen) atoms. The van der Waals surface area contributed by atoms with Gasteiger partial charge in [0.25, 0.3) is 0 Å². The summed E-state index contributed by atoms with van der Waals surface area (Å²) in [6.07, 6.45) is 1.31. The number of nitrogens with zero attached hydrogens (tertiary/aromatic N) is 1. The van der Waals surface area contributed by atoms with Crippen LogP contribution in [0.5, 0.6) is 5.75 Å². The highest BCUT2D eigenvalue weighted by Gasteiger charge is 2.08. The van der Waals surface area contributed by atoms with Crippen molar-refractivity contribution in [3.05, 3.63) is 24.0 Å². The van der Waals surface area contributed by atoms with Crippen molar-refractivity contribution in [3.8, 4) is 5.75 Å². The highest BCUT2D eigenvalue weighted by molar-refractivity contribution is 5.88. The molecule has 0 aliphatic heterocycles. The Kier molecular flexibility index (Phi) is 3.33. The fraction of sp³-hybridized carbons (Fsp3) is 0. The van der Waals surface area contributed by atoms with Gasteiger partial charge in [0.05, 0.1) is 0 Å². The van der Waals surface area contributed by atoms with Gasteiger partial charge in [0.15, 0.2) is 5.69 Å². The smallest absolute Gasteiger partial charge is 0.358 e. The number of carboxylic acid groups (broad SMARTS) is 1. The minimum Gasteiger partial charge on any atom is -0.505 e. The zero-order valence-corrected chi connectivity index (χ0v) is 6.21. The Morgan fingerprint density at radius 1 is 1.55 bits per heavy atom. The van der Waals surface area contributed by atoms with Gasteiger partial charge in [0.1, 0.15) is 5.75 Å². The normalized spacial score (nSPS) is 8.36. The third-order valence-corrected chi connectivity index (χ3v) is 0.989. The SMILES string of the molecule is Cl.O=C(O)c1ncccc1O. The first-order valence-electron chi connectivity index (χ1n) is 2.59. The quantitative estimate of drug-likeness (QED) is 0.666. The topological polar surface area (TPSA) is 70.4 Å². The van der Waals surface area contributed by atoms with Crippen molar-refractivity contribution in [1.29, 1.82) is 0 Å². The summed E-state index contributed by atoms with van der Waals surface area (Å²) in [7, 11) is 0. The number of halogens is 1. The second kappa shape index (κ2) is 3.78. The van der Waals surface area contributed by atoms with Gasteiger partial charge in [-0.15, -0.1) is 12.4 Å². The minimum absolute atomic E-state index is 0. The van der Waals surface area contributed by atoms with Crippen LogP contribution < -0.4 is 0 Å². The van der Waals surface area contributed by atoms with Crippen molar-refractivity contribution in [1.82, 2.24) is 4.98 Å². The summed E-state index contributed by atoms with van der Waals surface area (Å²) in [5, 5.41) is 17.2. The molecule has 1 rings (SSSR count). The van der Waals surface area contributed by atoms with Crippen LogP contribution in [0, 0.1) is 0 Å². The molecule has 1 aromatic rings. The molecule has 2 N–H and O–H groups in total. The number of hydrogen-bond acceptors (Lipinski definition) is 3. The minimum atomic E-state index is -1.22. The van der Waals surface area contributed by atoms with Gasteiger partial charge in [-0.25, -0.2) is 9.78 Å². The van der Waals surface area contributed by atoms with Crippen LogP contribution in [-0.4, -0.2) is 21.2 Å². The van der Waals surface area contributed by atoms with E-state index >= 15 is 0 Å². The van der Waals surface area contributed by atoms with Gasteiger partial charge in [-0.2, -0.15) is 0 Å². The second-order valence-corrected chi connectivity index (χ2v) is 1.68. The molecule has 0 aliphatic carbocycles. The summed E-state index contributed by atoms with van der Waals surface area (Å²) in [6.45, 7) is 0. The van der Waals surface area contributed by atoms with E-state index in [1.54, 1.807) is 0 Å². The second-order valence-electron chi connectivity index (χ2n) is 1.68. The highest BCUT2D eigenvalue weighted by Crippen LogP contribution is 2.11. The van der Waals surface area contributed by atoms with Gasteiger partial charge < -0.3 is 10.2 Å². The van der Waals surface area contributed by atoms with Gasteiger partial charge in [0.2, 0.25) is 0 Å². The first-order chi connectivity index (χ1) is 4.72. The maximum atomic E-state index is 10.2. The van der Waals surface area contributed by atoms with E-state index in [1.807, 2.05) is 0 Å². The Labute approximate surface area is 68.9 Å². The van der Waals surface area contributed by atoms with Crippen molar-refractivity contribution in [3.63, 3.8) is 0 Å². The molecule has 0 saturated carbocycles. The molecule has 0 bridgehead atoms. The molecule has 0 fully saturated rings. The highest BCUT2D eigenvalue weighted by atomic mass is 35.5. The lowest BCUT2D eigenvalue weighted by Crippen LogP contribution is -1.99. The first-order valence-corrected chi connectivity index (χ1v) is 2.59. The van der Waals surface area contributed by atoms with Gasteiger partial charge >= 0.3 is 5.97 Å². The summed E-state index contributed by atoms with van der Waals surface area (Å²) in [4.78, 5) is 13.6. The van der Waals surface area contributed by atoms with Crippen LogP contribution in [0.1, 0.15) is 10.5 Å². The number of aromatic hydroxyl groups is 1. The van der Waals surface area contributed by atoms with E-state index in [1.165, 1.54) is 18.3 Å². The van der Waals surface area contributed by atoms with E-state index in [2.05, 4.69) is 4.98 Å². The number of hydrogen-bond donors (Lipinski definition) is 2. The molecule has 5 heteroatoms. The third-order valence-electron chi connectivity index (χ3n) is 0.989. The van der Waals surface area contributed by atoms with Crippen LogP contribution in [-0.2, 0) is 0 Å². The average Bonchev–Trinajstić information content (AvgIpc) is 1.88. The number of rotatable bonds is 1. The van der Waals surface area contributed by atoms with Gasteiger partial charge in [-0.1, -0.05) is 0 Å². The summed E-state index contributed by atoms with van der Waals surface area (Å²) in [5.74, 6) is -1.53. The van der Waals surface area contributed by atoms with E-state index in [0.717, 1.165) is 0 Å². The molecule has 0 aliphatic rings. The van der Waals surface area contributed by atoms with Crippen LogP contribution in [0.25, 0.3) is 0 Å². The Morgan fingerprint density at radius 3 is 2.55 bits per heavy atom. The van der Waals surface area contributed by atoms with Crippen molar-refractivity contribution in [2.75, 3.05) is 0 Å². The van der Waals surface area contributed by atoms with Crippen molar-refractivity contribution in [2.45, 2.75) is 0 Å². The Hall–Kier alpha value is -1.29. The summed E-state index contributed by atoms with van der Waals surface area (Å²) in [5.41, 5.74) is -0.317. The molecule has 0 unspecified atom stereocenters. The maximum absolute atomic E-state index is 10.2. The fourth-order valence-electron chi connectivity index (χ4n) is 0.562. The average molecular weight is 176 g/mol. The molecular formula is C6H6ClNO3. The van der Waals surface area contributed by atoms with E-state index < -0.39 is 5.97 Å².